The summed E-state index contributed by atoms with van der Waals surface area (Å²) in [6.07, 6.45) is -6.33. The third kappa shape index (κ3) is 6.24. The predicted molar refractivity (Wildman–Crippen MR) is 102 cm³/mol. The Kier molecular flexibility index (Phi) is 8.09. The van der Waals surface area contributed by atoms with Gasteiger partial charge in [0.1, 0.15) is 24.6 Å². The molecule has 0 saturated carbocycles. The van der Waals surface area contributed by atoms with Crippen LogP contribution in [0.3, 0.4) is 0 Å². The number of rotatable bonds is 6. The molecule has 2 rings (SSSR count). The lowest BCUT2D eigenvalue weighted by molar-refractivity contribution is -0.254. The Bertz CT molecular complexity index is 853. The lowest BCUT2D eigenvalue weighted by Crippen LogP contribution is -2.59. The van der Waals surface area contributed by atoms with Crippen LogP contribution in [0.25, 0.3) is 0 Å². The first kappa shape index (κ1) is 24.3. The lowest BCUT2D eigenvalue weighted by atomic mass is 9.89. The van der Waals surface area contributed by atoms with Crippen molar-refractivity contribution >= 4 is 23.9 Å². The molecule has 0 radical (unpaired) electrons. The Hall–Kier alpha value is -3.01. The molecular formula is C21H25FO9. The van der Waals surface area contributed by atoms with Gasteiger partial charge in [-0.25, -0.2) is 4.39 Å². The lowest BCUT2D eigenvalue weighted by Gasteiger charge is -2.44. The smallest absolute Gasteiger partial charge is 0.303 e. The Morgan fingerprint density at radius 3 is 1.97 bits per heavy atom. The van der Waals surface area contributed by atoms with E-state index in [0.29, 0.717) is 5.56 Å². The van der Waals surface area contributed by atoms with E-state index in [0.717, 1.165) is 20.8 Å². The minimum atomic E-state index is -1.34. The molecule has 170 valence electrons. The molecule has 1 heterocycles. The molecule has 1 aromatic carbocycles. The zero-order chi connectivity index (χ0) is 23.3. The second-order valence-electron chi connectivity index (χ2n) is 7.10. The molecule has 9 nitrogen and oxygen atoms in total. The molecule has 31 heavy (non-hydrogen) atoms. The standard InChI is InChI=1S/C21H25FO9/c1-10-7-6-8-15(17(10)22)18-20(29-13(4)25)21(30-14(5)26)19(28-12(3)24)16(31-18)9-27-11(2)23/h6-8,16,18-21H,9H2,1-5H3/t16-,18+,19-,20+,21+/m1/s1. The maximum atomic E-state index is 14.9. The second kappa shape index (κ2) is 10.3. The number of halogens is 1. The van der Waals surface area contributed by atoms with Crippen molar-refractivity contribution in [1.29, 1.82) is 0 Å². The van der Waals surface area contributed by atoms with Crippen molar-refractivity contribution in [2.24, 2.45) is 0 Å². The van der Waals surface area contributed by atoms with E-state index in [1.54, 1.807) is 19.1 Å². The van der Waals surface area contributed by atoms with Crippen LogP contribution < -0.4 is 0 Å². The number of ether oxygens (including phenoxy) is 5. The summed E-state index contributed by atoms with van der Waals surface area (Å²) in [6, 6.07) is 4.56. The summed E-state index contributed by atoms with van der Waals surface area (Å²) < 4.78 is 41.8. The minimum Gasteiger partial charge on any atom is -0.463 e. The number of hydrogen-bond acceptors (Lipinski definition) is 9. The summed E-state index contributed by atoms with van der Waals surface area (Å²) in [7, 11) is 0. The van der Waals surface area contributed by atoms with Crippen LogP contribution in [0.1, 0.15) is 44.9 Å². The fraction of sp³-hybridized carbons (Fsp3) is 0.524. The molecule has 0 aromatic heterocycles. The predicted octanol–water partition coefficient (Wildman–Crippen LogP) is 1.93. The largest absolute Gasteiger partial charge is 0.463 e. The van der Waals surface area contributed by atoms with Gasteiger partial charge in [0, 0.05) is 33.3 Å². The molecule has 0 N–H and O–H groups in total. The van der Waals surface area contributed by atoms with E-state index in [1.165, 1.54) is 13.0 Å². The molecule has 0 unspecified atom stereocenters. The molecule has 0 bridgehead atoms. The zero-order valence-electron chi connectivity index (χ0n) is 17.9. The van der Waals surface area contributed by atoms with Gasteiger partial charge in [-0.3, -0.25) is 19.2 Å². The molecule has 1 aliphatic rings. The van der Waals surface area contributed by atoms with Gasteiger partial charge in [0.25, 0.3) is 0 Å². The fourth-order valence-electron chi connectivity index (χ4n) is 3.37. The number of aryl methyl sites for hydroxylation is 1. The molecule has 0 aliphatic carbocycles. The highest BCUT2D eigenvalue weighted by molar-refractivity contribution is 5.68. The number of esters is 4. The zero-order valence-corrected chi connectivity index (χ0v) is 17.9. The van der Waals surface area contributed by atoms with Crippen molar-refractivity contribution in [2.75, 3.05) is 6.61 Å². The first-order chi connectivity index (χ1) is 14.5. The van der Waals surface area contributed by atoms with E-state index in [9.17, 15) is 23.6 Å². The first-order valence-electron chi connectivity index (χ1n) is 9.56. The molecule has 1 aromatic rings. The van der Waals surface area contributed by atoms with Crippen molar-refractivity contribution in [3.05, 3.63) is 35.1 Å². The van der Waals surface area contributed by atoms with Gasteiger partial charge in [0.2, 0.25) is 0 Å². The Morgan fingerprint density at radius 2 is 1.42 bits per heavy atom. The number of carbonyl (C=O) groups is 4. The summed E-state index contributed by atoms with van der Waals surface area (Å²) in [6.45, 7) is 5.72. The Labute approximate surface area is 178 Å². The van der Waals surface area contributed by atoms with Gasteiger partial charge in [-0.1, -0.05) is 18.2 Å². The molecule has 0 amide bonds. The highest BCUT2D eigenvalue weighted by Gasteiger charge is 2.53. The van der Waals surface area contributed by atoms with E-state index in [1.807, 2.05) is 0 Å². The molecule has 1 fully saturated rings. The maximum absolute atomic E-state index is 14.9. The first-order valence-corrected chi connectivity index (χ1v) is 9.56. The average molecular weight is 440 g/mol. The number of carbonyl (C=O) groups excluding carboxylic acids is 4. The van der Waals surface area contributed by atoms with E-state index in [2.05, 4.69) is 0 Å². The topological polar surface area (TPSA) is 114 Å². The van der Waals surface area contributed by atoms with Gasteiger partial charge >= 0.3 is 23.9 Å². The summed E-state index contributed by atoms with van der Waals surface area (Å²) in [5.41, 5.74) is 0.350. The second-order valence-corrected chi connectivity index (χ2v) is 7.10. The molecular weight excluding hydrogens is 415 g/mol. The van der Waals surface area contributed by atoms with Crippen LogP contribution in [0, 0.1) is 12.7 Å². The van der Waals surface area contributed by atoms with Gasteiger partial charge in [-0.05, 0) is 12.5 Å². The number of benzene rings is 1. The molecule has 0 spiro atoms. The fourth-order valence-corrected chi connectivity index (χ4v) is 3.37. The summed E-state index contributed by atoms with van der Waals surface area (Å²) in [4.78, 5) is 46.7. The quantitative estimate of drug-likeness (QED) is 0.483. The third-order valence-electron chi connectivity index (χ3n) is 4.52. The van der Waals surface area contributed by atoms with Crippen LogP contribution in [0.4, 0.5) is 4.39 Å². The van der Waals surface area contributed by atoms with Crippen LogP contribution in [0.2, 0.25) is 0 Å². The van der Waals surface area contributed by atoms with Crippen molar-refractivity contribution < 1.29 is 47.3 Å². The van der Waals surface area contributed by atoms with Crippen LogP contribution in [0.15, 0.2) is 18.2 Å². The van der Waals surface area contributed by atoms with E-state index >= 15 is 0 Å². The molecule has 10 heteroatoms. The van der Waals surface area contributed by atoms with Crippen molar-refractivity contribution in [2.45, 2.75) is 65.1 Å². The van der Waals surface area contributed by atoms with Gasteiger partial charge in [0.15, 0.2) is 18.3 Å². The molecule has 5 atom stereocenters. The van der Waals surface area contributed by atoms with Gasteiger partial charge in [-0.15, -0.1) is 0 Å². The minimum absolute atomic E-state index is 0.0394. The average Bonchev–Trinajstić information content (AvgIpc) is 2.65. The maximum Gasteiger partial charge on any atom is 0.303 e. The highest BCUT2D eigenvalue weighted by atomic mass is 19.1. The van der Waals surface area contributed by atoms with Crippen molar-refractivity contribution in [1.82, 2.24) is 0 Å². The van der Waals surface area contributed by atoms with Crippen molar-refractivity contribution in [3.8, 4) is 0 Å². The van der Waals surface area contributed by atoms with Gasteiger partial charge < -0.3 is 23.7 Å². The molecule has 1 saturated heterocycles. The van der Waals surface area contributed by atoms with Gasteiger partial charge in [-0.2, -0.15) is 0 Å². The van der Waals surface area contributed by atoms with E-state index in [-0.39, 0.29) is 12.2 Å². The monoisotopic (exact) mass is 440 g/mol. The Balaban J connectivity index is 2.59. The van der Waals surface area contributed by atoms with E-state index in [4.69, 9.17) is 23.7 Å². The van der Waals surface area contributed by atoms with Crippen molar-refractivity contribution in [3.63, 3.8) is 0 Å². The third-order valence-corrected chi connectivity index (χ3v) is 4.52. The van der Waals surface area contributed by atoms with Crippen LogP contribution in [-0.4, -0.2) is 54.9 Å². The highest BCUT2D eigenvalue weighted by Crippen LogP contribution is 2.39. The summed E-state index contributed by atoms with van der Waals surface area (Å²) >= 11 is 0. The van der Waals surface area contributed by atoms with Crippen LogP contribution >= 0.6 is 0 Å². The number of hydrogen-bond donors (Lipinski definition) is 0. The van der Waals surface area contributed by atoms with Gasteiger partial charge in [0.05, 0.1) is 0 Å². The molecule has 1 aliphatic heterocycles. The van der Waals surface area contributed by atoms with Crippen LogP contribution in [-0.2, 0) is 42.9 Å². The normalized spacial score (nSPS) is 25.3. The summed E-state index contributed by atoms with van der Waals surface area (Å²) in [5.74, 6) is -3.47. The Morgan fingerprint density at radius 1 is 0.871 bits per heavy atom. The SMILES string of the molecule is CC(=O)OC[C@H]1O[C@@H](c2cccc(C)c2F)[C@H](OC(C)=O)[C@@H](OC(C)=O)[C@@H]1OC(C)=O. The summed E-state index contributed by atoms with van der Waals surface area (Å²) in [5, 5.41) is 0. The van der Waals surface area contributed by atoms with E-state index < -0.39 is 60.2 Å². The van der Waals surface area contributed by atoms with Crippen LogP contribution in [0.5, 0.6) is 0 Å².